The van der Waals surface area contributed by atoms with Gasteiger partial charge in [-0.25, -0.2) is 9.97 Å². The Morgan fingerprint density at radius 3 is 2.77 bits per heavy atom. The van der Waals surface area contributed by atoms with Gasteiger partial charge in [0.05, 0.1) is 22.0 Å². The smallest absolute Gasteiger partial charge is 0.261 e. The van der Waals surface area contributed by atoms with Crippen molar-refractivity contribution in [3.8, 4) is 17.1 Å². The van der Waals surface area contributed by atoms with Gasteiger partial charge in [-0.05, 0) is 44.7 Å². The van der Waals surface area contributed by atoms with Gasteiger partial charge in [-0.2, -0.15) is 5.10 Å². The first-order valence-corrected chi connectivity index (χ1v) is 10.8. The Bertz CT molecular complexity index is 1390. The summed E-state index contributed by atoms with van der Waals surface area (Å²) in [5.74, 6) is 0.514. The number of piperidine rings is 1. The third-order valence-electron chi connectivity index (χ3n) is 6.88. The predicted molar refractivity (Wildman–Crippen MR) is 118 cm³/mol. The number of benzene rings is 1. The minimum Gasteiger partial charge on any atom is -0.507 e. The number of aromatic nitrogens is 5. The number of hydrogen-bond donors (Lipinski definition) is 2. The molecule has 0 aliphatic carbocycles. The summed E-state index contributed by atoms with van der Waals surface area (Å²) in [4.78, 5) is 22.3. The second-order valence-corrected chi connectivity index (χ2v) is 8.92. The van der Waals surface area contributed by atoms with Crippen LogP contribution in [0.4, 0.5) is 0 Å². The maximum atomic E-state index is 13.2. The molecule has 8 nitrogen and oxygen atoms in total. The molecule has 2 aliphatic rings. The van der Waals surface area contributed by atoms with Gasteiger partial charge in [-0.3, -0.25) is 9.48 Å². The molecule has 2 fully saturated rings. The minimum absolute atomic E-state index is 0.0431. The zero-order valence-electron chi connectivity index (χ0n) is 17.5. The maximum Gasteiger partial charge on any atom is 0.261 e. The van der Waals surface area contributed by atoms with E-state index in [1.54, 1.807) is 10.9 Å². The highest BCUT2D eigenvalue weighted by Crippen LogP contribution is 2.36. The number of rotatable bonds is 2. The van der Waals surface area contributed by atoms with Crippen molar-refractivity contribution in [1.29, 1.82) is 0 Å². The third-order valence-corrected chi connectivity index (χ3v) is 6.88. The average Bonchev–Trinajstić information content (AvgIpc) is 3.31. The van der Waals surface area contributed by atoms with Gasteiger partial charge in [0.15, 0.2) is 5.82 Å². The summed E-state index contributed by atoms with van der Waals surface area (Å²) in [6, 6.07) is 4.98. The second-order valence-electron chi connectivity index (χ2n) is 8.92. The second kappa shape index (κ2) is 6.62. The first-order chi connectivity index (χ1) is 15.0. The highest BCUT2D eigenvalue weighted by molar-refractivity contribution is 5.90. The van der Waals surface area contributed by atoms with Gasteiger partial charge in [0.25, 0.3) is 5.56 Å². The molecule has 1 unspecified atom stereocenters. The fourth-order valence-electron chi connectivity index (χ4n) is 5.33. The van der Waals surface area contributed by atoms with E-state index in [1.807, 2.05) is 43.1 Å². The van der Waals surface area contributed by atoms with E-state index in [-0.39, 0.29) is 17.4 Å². The number of nitrogens with one attached hydrogen (secondary N) is 1. The summed E-state index contributed by atoms with van der Waals surface area (Å²) < 4.78 is 3.58. The van der Waals surface area contributed by atoms with Gasteiger partial charge >= 0.3 is 0 Å². The molecule has 31 heavy (non-hydrogen) atoms. The molecular formula is C23H24N6O2. The summed E-state index contributed by atoms with van der Waals surface area (Å²) in [7, 11) is 1.85. The molecule has 5 heterocycles. The molecule has 2 aliphatic heterocycles. The SMILES string of the molecule is Cc1c(O)c(-c2ncc3c(=O)n(C4C[C@H]5CC[C@@H](C4)N5)ccc3n2)cc2cn(C)nc12. The Labute approximate surface area is 178 Å². The third kappa shape index (κ3) is 2.85. The lowest BCUT2D eigenvalue weighted by atomic mass is 9.99. The van der Waals surface area contributed by atoms with E-state index in [4.69, 9.17) is 0 Å². The molecule has 158 valence electrons. The number of aromatic hydroxyl groups is 1. The van der Waals surface area contributed by atoms with Crippen molar-refractivity contribution in [2.45, 2.75) is 50.7 Å². The van der Waals surface area contributed by atoms with Crippen LogP contribution in [-0.2, 0) is 7.05 Å². The summed E-state index contributed by atoms with van der Waals surface area (Å²) in [5, 5.41) is 20.2. The largest absolute Gasteiger partial charge is 0.507 e. The van der Waals surface area contributed by atoms with Crippen LogP contribution < -0.4 is 10.9 Å². The summed E-state index contributed by atoms with van der Waals surface area (Å²) in [5.41, 5.74) is 2.53. The predicted octanol–water partition coefficient (Wildman–Crippen LogP) is 2.81. The van der Waals surface area contributed by atoms with Gasteiger partial charge in [-0.15, -0.1) is 0 Å². The number of phenols is 1. The number of nitrogens with zero attached hydrogens (tertiary/aromatic N) is 5. The Hall–Kier alpha value is -3.26. The Morgan fingerprint density at radius 2 is 2.00 bits per heavy atom. The van der Waals surface area contributed by atoms with E-state index >= 15 is 0 Å². The van der Waals surface area contributed by atoms with Crippen molar-refractivity contribution in [2.24, 2.45) is 7.05 Å². The molecule has 6 rings (SSSR count). The molecule has 3 atom stereocenters. The molecule has 0 radical (unpaired) electrons. The van der Waals surface area contributed by atoms with Crippen LogP contribution in [0.1, 0.15) is 37.3 Å². The zero-order valence-corrected chi connectivity index (χ0v) is 17.5. The molecule has 2 bridgehead atoms. The van der Waals surface area contributed by atoms with Gasteiger partial charge in [0.2, 0.25) is 0 Å². The summed E-state index contributed by atoms with van der Waals surface area (Å²) in [6.07, 6.45) is 9.72. The highest BCUT2D eigenvalue weighted by Gasteiger charge is 2.34. The quantitative estimate of drug-likeness (QED) is 0.522. The maximum absolute atomic E-state index is 13.2. The van der Waals surface area contributed by atoms with E-state index < -0.39 is 0 Å². The van der Waals surface area contributed by atoms with Crippen LogP contribution in [0.2, 0.25) is 0 Å². The molecule has 0 spiro atoms. The van der Waals surface area contributed by atoms with E-state index in [2.05, 4.69) is 20.4 Å². The molecule has 4 aromatic rings. The van der Waals surface area contributed by atoms with Crippen LogP contribution >= 0.6 is 0 Å². The molecule has 0 amide bonds. The van der Waals surface area contributed by atoms with E-state index in [9.17, 15) is 9.90 Å². The van der Waals surface area contributed by atoms with Crippen molar-refractivity contribution in [2.75, 3.05) is 0 Å². The Kier molecular flexibility index (Phi) is 3.95. The fraction of sp³-hybridized carbons (Fsp3) is 0.391. The van der Waals surface area contributed by atoms with Crippen molar-refractivity contribution >= 4 is 21.8 Å². The molecule has 8 heteroatoms. The van der Waals surface area contributed by atoms with Crippen molar-refractivity contribution < 1.29 is 5.11 Å². The number of phenolic OH excluding ortho intramolecular Hbond substituents is 1. The van der Waals surface area contributed by atoms with Crippen molar-refractivity contribution in [3.63, 3.8) is 0 Å². The van der Waals surface area contributed by atoms with Crippen LogP contribution in [0.15, 0.2) is 35.5 Å². The Balaban J connectivity index is 1.44. The summed E-state index contributed by atoms with van der Waals surface area (Å²) >= 11 is 0. The van der Waals surface area contributed by atoms with Crippen LogP contribution in [0.25, 0.3) is 33.2 Å². The lowest BCUT2D eigenvalue weighted by Crippen LogP contribution is -2.41. The van der Waals surface area contributed by atoms with Gasteiger partial charge in [0, 0.05) is 54.7 Å². The van der Waals surface area contributed by atoms with E-state index in [0.29, 0.717) is 39.9 Å². The van der Waals surface area contributed by atoms with E-state index in [1.165, 1.54) is 12.8 Å². The molecule has 1 aromatic carbocycles. The van der Waals surface area contributed by atoms with Gasteiger partial charge in [-0.1, -0.05) is 0 Å². The number of hydrogen-bond acceptors (Lipinski definition) is 6. The molecule has 2 saturated heterocycles. The first-order valence-electron chi connectivity index (χ1n) is 10.8. The van der Waals surface area contributed by atoms with E-state index in [0.717, 1.165) is 23.7 Å². The normalized spacial score (nSPS) is 23.1. The lowest BCUT2D eigenvalue weighted by Gasteiger charge is -2.30. The average molecular weight is 416 g/mol. The molecule has 0 saturated carbocycles. The minimum atomic E-state index is -0.0431. The number of fused-ring (bicyclic) bond motifs is 4. The summed E-state index contributed by atoms with van der Waals surface area (Å²) in [6.45, 7) is 1.83. The van der Waals surface area contributed by atoms with Crippen molar-refractivity contribution in [3.05, 3.63) is 46.6 Å². The fourth-order valence-corrected chi connectivity index (χ4v) is 5.33. The number of pyridine rings is 1. The molecule has 2 N–H and O–H groups in total. The first kappa shape index (κ1) is 18.5. The zero-order chi connectivity index (χ0) is 21.3. The van der Waals surface area contributed by atoms with Crippen LogP contribution in [-0.4, -0.2) is 41.5 Å². The molecule has 3 aromatic heterocycles. The van der Waals surface area contributed by atoms with Gasteiger partial charge < -0.3 is 15.0 Å². The van der Waals surface area contributed by atoms with Crippen molar-refractivity contribution in [1.82, 2.24) is 29.6 Å². The lowest BCUT2D eigenvalue weighted by molar-refractivity contribution is 0.294. The highest BCUT2D eigenvalue weighted by atomic mass is 16.3. The molecular weight excluding hydrogens is 392 g/mol. The Morgan fingerprint density at radius 1 is 1.23 bits per heavy atom. The van der Waals surface area contributed by atoms with Crippen LogP contribution in [0.5, 0.6) is 5.75 Å². The van der Waals surface area contributed by atoms with Crippen LogP contribution in [0, 0.1) is 6.92 Å². The monoisotopic (exact) mass is 416 g/mol. The van der Waals surface area contributed by atoms with Gasteiger partial charge in [0.1, 0.15) is 5.75 Å². The standard InChI is InChI=1S/C23H24N6O2/c1-12-20-13(11-28(2)27-20)7-17(21(12)30)22-24-10-18-19(26-22)5-6-29(23(18)31)16-8-14-3-4-15(9-16)25-14/h5-7,10-11,14-16,25,30H,3-4,8-9H2,1-2H3/t14-,15+,16?. The number of aryl methyl sites for hydroxylation is 2. The topological polar surface area (TPSA) is 97.9 Å². The van der Waals surface area contributed by atoms with Crippen LogP contribution in [0.3, 0.4) is 0 Å².